The van der Waals surface area contributed by atoms with Gasteiger partial charge in [-0.1, -0.05) is 0 Å². The van der Waals surface area contributed by atoms with E-state index in [1.54, 1.807) is 6.92 Å². The predicted molar refractivity (Wildman–Crippen MR) is 40.0 cm³/mol. The van der Waals surface area contributed by atoms with E-state index in [0.717, 1.165) is 4.90 Å². The zero-order chi connectivity index (χ0) is 9.30. The third-order valence-corrected chi connectivity index (χ3v) is 2.17. The van der Waals surface area contributed by atoms with Crippen LogP contribution >= 0.6 is 0 Å². The quantitative estimate of drug-likeness (QED) is 0.608. The minimum atomic E-state index is -1.15. The van der Waals surface area contributed by atoms with E-state index in [9.17, 15) is 9.59 Å². The number of aliphatic carboxylic acids is 1. The molecule has 0 aromatic rings. The molecule has 0 spiro atoms. The first-order valence-corrected chi connectivity index (χ1v) is 3.78. The third-order valence-electron chi connectivity index (χ3n) is 2.17. The van der Waals surface area contributed by atoms with Crippen molar-refractivity contribution in [1.82, 2.24) is 4.90 Å². The molecule has 1 saturated heterocycles. The lowest BCUT2D eigenvalue weighted by atomic mass is 10.2. The number of carboxylic acid groups (broad SMARTS) is 2. The summed E-state index contributed by atoms with van der Waals surface area (Å²) in [5.74, 6) is -1.05. The largest absolute Gasteiger partial charge is 0.480 e. The standard InChI is InChI=1S/C7H11NO4/c1-4-2-3-5(6(9)10)8(4)7(11)12/h4-5H,2-3H2,1H3,(H,9,10)(H,11,12)/t4?,5-/m0/s1. The van der Waals surface area contributed by atoms with Gasteiger partial charge in [0, 0.05) is 6.04 Å². The van der Waals surface area contributed by atoms with Gasteiger partial charge in [0.1, 0.15) is 6.04 Å². The van der Waals surface area contributed by atoms with Crippen molar-refractivity contribution < 1.29 is 19.8 Å². The highest BCUT2D eigenvalue weighted by atomic mass is 16.4. The summed E-state index contributed by atoms with van der Waals surface area (Å²) < 4.78 is 0. The molecule has 0 bridgehead atoms. The van der Waals surface area contributed by atoms with E-state index >= 15 is 0 Å². The molecule has 1 rings (SSSR count). The van der Waals surface area contributed by atoms with Gasteiger partial charge in [-0.25, -0.2) is 9.59 Å². The molecule has 1 heterocycles. The first-order chi connectivity index (χ1) is 5.54. The van der Waals surface area contributed by atoms with Gasteiger partial charge in [0.2, 0.25) is 0 Å². The molecular formula is C7H11NO4. The first-order valence-electron chi connectivity index (χ1n) is 3.78. The third kappa shape index (κ3) is 1.34. The van der Waals surface area contributed by atoms with Crippen LogP contribution in [0.25, 0.3) is 0 Å². The maximum atomic E-state index is 10.6. The Bertz CT molecular complexity index is 215. The number of hydrogen-bond acceptors (Lipinski definition) is 2. The molecule has 0 aromatic carbocycles. The Balaban J connectivity index is 2.77. The Morgan fingerprint density at radius 1 is 1.33 bits per heavy atom. The average Bonchev–Trinajstić information content (AvgIpc) is 2.30. The summed E-state index contributed by atoms with van der Waals surface area (Å²) in [6, 6.07) is -1.03. The maximum Gasteiger partial charge on any atom is 0.408 e. The summed E-state index contributed by atoms with van der Waals surface area (Å²) in [7, 11) is 0. The van der Waals surface area contributed by atoms with Crippen LogP contribution in [0.5, 0.6) is 0 Å². The molecule has 0 radical (unpaired) electrons. The van der Waals surface area contributed by atoms with Crippen molar-refractivity contribution in [2.45, 2.75) is 31.8 Å². The number of hydrogen-bond donors (Lipinski definition) is 2. The Morgan fingerprint density at radius 2 is 1.92 bits per heavy atom. The molecule has 1 fully saturated rings. The fourth-order valence-corrected chi connectivity index (χ4v) is 1.55. The SMILES string of the molecule is CC1CC[C@@H](C(=O)O)N1C(=O)O. The van der Waals surface area contributed by atoms with Crippen LogP contribution < -0.4 is 0 Å². The van der Waals surface area contributed by atoms with E-state index in [1.165, 1.54) is 0 Å². The minimum Gasteiger partial charge on any atom is -0.480 e. The minimum absolute atomic E-state index is 0.177. The van der Waals surface area contributed by atoms with Crippen LogP contribution in [0, 0.1) is 0 Å². The summed E-state index contributed by atoms with van der Waals surface area (Å²) in [6.45, 7) is 1.72. The van der Waals surface area contributed by atoms with Crippen molar-refractivity contribution in [1.29, 1.82) is 0 Å². The number of carboxylic acids is 1. The van der Waals surface area contributed by atoms with Gasteiger partial charge in [0.25, 0.3) is 0 Å². The highest BCUT2D eigenvalue weighted by molar-refractivity contribution is 5.80. The molecule has 2 N–H and O–H groups in total. The smallest absolute Gasteiger partial charge is 0.408 e. The topological polar surface area (TPSA) is 77.8 Å². The molecule has 0 saturated carbocycles. The van der Waals surface area contributed by atoms with Gasteiger partial charge >= 0.3 is 12.1 Å². The molecule has 12 heavy (non-hydrogen) atoms. The van der Waals surface area contributed by atoms with Crippen molar-refractivity contribution in [2.24, 2.45) is 0 Å². The van der Waals surface area contributed by atoms with Gasteiger partial charge < -0.3 is 10.2 Å². The molecule has 5 nitrogen and oxygen atoms in total. The Labute approximate surface area is 69.6 Å². The van der Waals surface area contributed by atoms with E-state index in [2.05, 4.69) is 0 Å². The number of nitrogens with zero attached hydrogens (tertiary/aromatic N) is 1. The molecule has 1 aliphatic heterocycles. The maximum absolute atomic E-state index is 10.6. The van der Waals surface area contributed by atoms with Crippen LogP contribution in [0.4, 0.5) is 4.79 Å². The van der Waals surface area contributed by atoms with Gasteiger partial charge in [0.15, 0.2) is 0 Å². The normalized spacial score (nSPS) is 28.9. The number of carbonyl (C=O) groups is 2. The van der Waals surface area contributed by atoms with E-state index in [-0.39, 0.29) is 6.04 Å². The highest BCUT2D eigenvalue weighted by Crippen LogP contribution is 2.23. The lowest BCUT2D eigenvalue weighted by Gasteiger charge is -2.21. The zero-order valence-corrected chi connectivity index (χ0v) is 6.73. The first kappa shape index (κ1) is 8.83. The van der Waals surface area contributed by atoms with E-state index in [1.807, 2.05) is 0 Å². The van der Waals surface area contributed by atoms with Crippen LogP contribution in [0.2, 0.25) is 0 Å². The van der Waals surface area contributed by atoms with E-state index in [4.69, 9.17) is 10.2 Å². The number of likely N-dealkylation sites (tertiary alicyclic amines) is 1. The van der Waals surface area contributed by atoms with Crippen LogP contribution in [-0.4, -0.2) is 39.3 Å². The van der Waals surface area contributed by atoms with Gasteiger partial charge in [-0.3, -0.25) is 4.90 Å². The van der Waals surface area contributed by atoms with Gasteiger partial charge in [0.05, 0.1) is 0 Å². The van der Waals surface area contributed by atoms with Crippen molar-refractivity contribution in [3.63, 3.8) is 0 Å². The molecule has 1 amide bonds. The van der Waals surface area contributed by atoms with E-state index < -0.39 is 18.1 Å². The predicted octanol–water partition coefficient (Wildman–Crippen LogP) is 0.602. The van der Waals surface area contributed by atoms with Crippen LogP contribution in [0.15, 0.2) is 0 Å². The Hall–Kier alpha value is -1.26. The van der Waals surface area contributed by atoms with Gasteiger partial charge in [-0.05, 0) is 19.8 Å². The van der Waals surface area contributed by atoms with Crippen molar-refractivity contribution in [2.75, 3.05) is 0 Å². The fourth-order valence-electron chi connectivity index (χ4n) is 1.55. The lowest BCUT2D eigenvalue weighted by molar-refractivity contribution is -0.141. The summed E-state index contributed by atoms with van der Waals surface area (Å²) in [5, 5.41) is 17.3. The van der Waals surface area contributed by atoms with Crippen molar-refractivity contribution in [3.05, 3.63) is 0 Å². The number of amides is 1. The molecule has 0 aliphatic carbocycles. The molecule has 0 aromatic heterocycles. The average molecular weight is 173 g/mol. The summed E-state index contributed by atoms with van der Waals surface area (Å²) in [6.07, 6.45) is -0.0982. The van der Waals surface area contributed by atoms with Crippen molar-refractivity contribution in [3.8, 4) is 0 Å². The molecular weight excluding hydrogens is 162 g/mol. The summed E-state index contributed by atoms with van der Waals surface area (Å²) in [4.78, 5) is 22.1. The molecule has 2 atom stereocenters. The second-order valence-electron chi connectivity index (χ2n) is 2.97. The Morgan fingerprint density at radius 3 is 2.25 bits per heavy atom. The molecule has 1 unspecified atom stereocenters. The van der Waals surface area contributed by atoms with E-state index in [0.29, 0.717) is 12.8 Å². The zero-order valence-electron chi connectivity index (χ0n) is 6.73. The summed E-state index contributed by atoms with van der Waals surface area (Å²) in [5.41, 5.74) is 0. The molecule has 68 valence electrons. The van der Waals surface area contributed by atoms with Crippen LogP contribution in [-0.2, 0) is 4.79 Å². The van der Waals surface area contributed by atoms with Crippen LogP contribution in [0.1, 0.15) is 19.8 Å². The fraction of sp³-hybridized carbons (Fsp3) is 0.714. The lowest BCUT2D eigenvalue weighted by Crippen LogP contribution is -2.43. The second kappa shape index (κ2) is 3.00. The van der Waals surface area contributed by atoms with Crippen LogP contribution in [0.3, 0.4) is 0 Å². The number of rotatable bonds is 1. The van der Waals surface area contributed by atoms with Gasteiger partial charge in [-0.15, -0.1) is 0 Å². The molecule has 1 aliphatic rings. The Kier molecular flexibility index (Phi) is 2.21. The van der Waals surface area contributed by atoms with Crippen molar-refractivity contribution >= 4 is 12.1 Å². The van der Waals surface area contributed by atoms with Gasteiger partial charge in [-0.2, -0.15) is 0 Å². The molecule has 5 heteroatoms. The monoisotopic (exact) mass is 173 g/mol. The second-order valence-corrected chi connectivity index (χ2v) is 2.97. The highest BCUT2D eigenvalue weighted by Gasteiger charge is 2.38. The summed E-state index contributed by atoms with van der Waals surface area (Å²) >= 11 is 0.